The van der Waals surface area contributed by atoms with Crippen LogP contribution >= 0.6 is 0 Å². The van der Waals surface area contributed by atoms with Gasteiger partial charge in [-0.3, -0.25) is 4.79 Å². The van der Waals surface area contributed by atoms with Crippen molar-refractivity contribution in [3.05, 3.63) is 29.3 Å². The van der Waals surface area contributed by atoms with E-state index in [4.69, 9.17) is 0 Å². The van der Waals surface area contributed by atoms with Crippen molar-refractivity contribution in [2.75, 3.05) is 5.32 Å². The van der Waals surface area contributed by atoms with E-state index < -0.39 is 0 Å². The highest BCUT2D eigenvalue weighted by molar-refractivity contribution is 5.98. The summed E-state index contributed by atoms with van der Waals surface area (Å²) in [5.74, 6) is 0.0578. The lowest BCUT2D eigenvalue weighted by molar-refractivity contribution is 0.0966. The number of amides is 1. The highest BCUT2D eigenvalue weighted by Gasteiger charge is 2.20. The van der Waals surface area contributed by atoms with Crippen LogP contribution in [0.5, 0.6) is 0 Å². The summed E-state index contributed by atoms with van der Waals surface area (Å²) in [7, 11) is 0. The first-order valence-electron chi connectivity index (χ1n) is 6.00. The van der Waals surface area contributed by atoms with Crippen LogP contribution in [0.25, 0.3) is 0 Å². The van der Waals surface area contributed by atoms with Gasteiger partial charge >= 0.3 is 0 Å². The first-order valence-corrected chi connectivity index (χ1v) is 6.00. The first kappa shape index (κ1) is 9.70. The molecule has 3 heteroatoms. The molecule has 0 unspecified atom stereocenters. The number of hydrogen-bond donors (Lipinski definition) is 2. The molecule has 1 fully saturated rings. The van der Waals surface area contributed by atoms with Gasteiger partial charge in [-0.2, -0.15) is 0 Å². The van der Waals surface area contributed by atoms with Gasteiger partial charge in [-0.05, 0) is 36.6 Å². The maximum absolute atomic E-state index is 11.4. The fourth-order valence-electron chi connectivity index (χ4n) is 2.63. The van der Waals surface area contributed by atoms with Gasteiger partial charge in [0.15, 0.2) is 0 Å². The van der Waals surface area contributed by atoms with E-state index in [0.29, 0.717) is 12.6 Å². The lowest BCUT2D eigenvalue weighted by atomic mass is 10.1. The van der Waals surface area contributed by atoms with Gasteiger partial charge in [0, 0.05) is 23.8 Å². The Labute approximate surface area is 95.2 Å². The van der Waals surface area contributed by atoms with Crippen LogP contribution in [0.15, 0.2) is 18.2 Å². The van der Waals surface area contributed by atoms with E-state index in [1.807, 2.05) is 12.1 Å². The Morgan fingerprint density at radius 3 is 2.88 bits per heavy atom. The van der Waals surface area contributed by atoms with Crippen LogP contribution in [0.1, 0.15) is 41.6 Å². The first-order chi connectivity index (χ1) is 7.83. The number of nitrogens with one attached hydrogen (secondary N) is 2. The second-order valence-electron chi connectivity index (χ2n) is 4.68. The molecule has 1 aliphatic heterocycles. The Balaban J connectivity index is 1.79. The normalized spacial score (nSPS) is 19.6. The van der Waals surface area contributed by atoms with E-state index in [0.717, 1.165) is 16.8 Å². The molecule has 16 heavy (non-hydrogen) atoms. The fourth-order valence-corrected chi connectivity index (χ4v) is 2.63. The van der Waals surface area contributed by atoms with Crippen molar-refractivity contribution in [2.45, 2.75) is 38.3 Å². The molecular weight excluding hydrogens is 200 g/mol. The minimum Gasteiger partial charge on any atom is -0.382 e. The smallest absolute Gasteiger partial charge is 0.251 e. The lowest BCUT2D eigenvalue weighted by Gasteiger charge is -2.13. The van der Waals surface area contributed by atoms with Gasteiger partial charge in [-0.1, -0.05) is 12.8 Å². The molecule has 1 amide bonds. The largest absolute Gasteiger partial charge is 0.382 e. The standard InChI is InChI=1S/C13H16N2O/c16-13-12-6-5-11(7-9(12)8-14-13)15-10-3-1-2-4-10/h5-7,10,15H,1-4,8H2,(H,14,16). The van der Waals surface area contributed by atoms with E-state index in [9.17, 15) is 4.79 Å². The Morgan fingerprint density at radius 2 is 2.06 bits per heavy atom. The van der Waals surface area contributed by atoms with Crippen LogP contribution in [-0.2, 0) is 6.54 Å². The van der Waals surface area contributed by atoms with E-state index in [1.54, 1.807) is 0 Å². The Bertz CT molecular complexity index is 422. The maximum atomic E-state index is 11.4. The summed E-state index contributed by atoms with van der Waals surface area (Å²) in [4.78, 5) is 11.4. The number of hydrogen-bond acceptors (Lipinski definition) is 2. The van der Waals surface area contributed by atoms with Crippen molar-refractivity contribution < 1.29 is 4.79 Å². The molecule has 0 aromatic heterocycles. The zero-order valence-corrected chi connectivity index (χ0v) is 9.25. The summed E-state index contributed by atoms with van der Waals surface area (Å²) >= 11 is 0. The zero-order chi connectivity index (χ0) is 11.0. The van der Waals surface area contributed by atoms with Crippen molar-refractivity contribution >= 4 is 11.6 Å². The van der Waals surface area contributed by atoms with Gasteiger partial charge in [-0.25, -0.2) is 0 Å². The molecule has 1 aliphatic carbocycles. The number of anilines is 1. The molecule has 2 N–H and O–H groups in total. The molecule has 0 spiro atoms. The van der Waals surface area contributed by atoms with Crippen LogP contribution < -0.4 is 10.6 Å². The van der Waals surface area contributed by atoms with Crippen molar-refractivity contribution in [1.82, 2.24) is 5.32 Å². The van der Waals surface area contributed by atoms with E-state index >= 15 is 0 Å². The van der Waals surface area contributed by atoms with Crippen molar-refractivity contribution in [3.63, 3.8) is 0 Å². The topological polar surface area (TPSA) is 41.1 Å². The average Bonchev–Trinajstić information content (AvgIpc) is 2.90. The summed E-state index contributed by atoms with van der Waals surface area (Å²) < 4.78 is 0. The minimum absolute atomic E-state index is 0.0578. The van der Waals surface area contributed by atoms with Crippen molar-refractivity contribution in [1.29, 1.82) is 0 Å². The third-order valence-electron chi connectivity index (χ3n) is 3.52. The second-order valence-corrected chi connectivity index (χ2v) is 4.68. The highest BCUT2D eigenvalue weighted by Crippen LogP contribution is 2.25. The summed E-state index contributed by atoms with van der Waals surface area (Å²) in [5.41, 5.74) is 3.10. The van der Waals surface area contributed by atoms with E-state index in [2.05, 4.69) is 16.7 Å². The summed E-state index contributed by atoms with van der Waals surface area (Å²) in [6.07, 6.45) is 5.22. The number of carbonyl (C=O) groups excluding carboxylic acids is 1. The predicted molar refractivity (Wildman–Crippen MR) is 63.5 cm³/mol. The number of carbonyl (C=O) groups is 1. The number of fused-ring (bicyclic) bond motifs is 1. The van der Waals surface area contributed by atoms with Gasteiger partial charge in [0.05, 0.1) is 0 Å². The molecule has 1 saturated carbocycles. The Hall–Kier alpha value is -1.51. The van der Waals surface area contributed by atoms with Crippen LogP contribution in [0.3, 0.4) is 0 Å². The van der Waals surface area contributed by atoms with Gasteiger partial charge in [-0.15, -0.1) is 0 Å². The molecule has 3 rings (SSSR count). The average molecular weight is 216 g/mol. The van der Waals surface area contributed by atoms with Crippen LogP contribution in [0, 0.1) is 0 Å². The minimum atomic E-state index is 0.0578. The van der Waals surface area contributed by atoms with Gasteiger partial charge in [0.25, 0.3) is 5.91 Å². The summed E-state index contributed by atoms with van der Waals surface area (Å²) in [6.45, 7) is 0.675. The molecule has 0 saturated heterocycles. The summed E-state index contributed by atoms with van der Waals surface area (Å²) in [5, 5.41) is 6.39. The van der Waals surface area contributed by atoms with Gasteiger partial charge in [0.2, 0.25) is 0 Å². The quantitative estimate of drug-likeness (QED) is 0.796. The summed E-state index contributed by atoms with van der Waals surface area (Å²) in [6, 6.07) is 6.67. The molecular formula is C13H16N2O. The number of benzene rings is 1. The third-order valence-corrected chi connectivity index (χ3v) is 3.52. The predicted octanol–water partition coefficient (Wildman–Crippen LogP) is 2.28. The monoisotopic (exact) mass is 216 g/mol. The SMILES string of the molecule is O=C1NCc2cc(NC3CCCC3)ccc21. The lowest BCUT2D eigenvalue weighted by Crippen LogP contribution is -2.14. The Morgan fingerprint density at radius 1 is 1.25 bits per heavy atom. The van der Waals surface area contributed by atoms with Crippen LogP contribution in [-0.4, -0.2) is 11.9 Å². The molecule has 0 bridgehead atoms. The zero-order valence-electron chi connectivity index (χ0n) is 9.25. The molecule has 0 atom stereocenters. The van der Waals surface area contributed by atoms with Crippen LogP contribution in [0.4, 0.5) is 5.69 Å². The highest BCUT2D eigenvalue weighted by atomic mass is 16.1. The molecule has 3 nitrogen and oxygen atoms in total. The molecule has 84 valence electrons. The van der Waals surface area contributed by atoms with Gasteiger partial charge < -0.3 is 10.6 Å². The molecule has 1 heterocycles. The van der Waals surface area contributed by atoms with Crippen LogP contribution in [0.2, 0.25) is 0 Å². The third kappa shape index (κ3) is 1.66. The molecule has 0 radical (unpaired) electrons. The van der Waals surface area contributed by atoms with E-state index in [-0.39, 0.29) is 5.91 Å². The van der Waals surface area contributed by atoms with Crippen molar-refractivity contribution in [2.24, 2.45) is 0 Å². The molecule has 1 aromatic carbocycles. The number of rotatable bonds is 2. The maximum Gasteiger partial charge on any atom is 0.251 e. The Kier molecular flexibility index (Phi) is 2.31. The second kappa shape index (κ2) is 3.81. The van der Waals surface area contributed by atoms with Gasteiger partial charge in [0.1, 0.15) is 0 Å². The van der Waals surface area contributed by atoms with Crippen molar-refractivity contribution in [3.8, 4) is 0 Å². The van der Waals surface area contributed by atoms with E-state index in [1.165, 1.54) is 25.7 Å². The fraction of sp³-hybridized carbons (Fsp3) is 0.462. The molecule has 2 aliphatic rings. The molecule has 1 aromatic rings.